The predicted molar refractivity (Wildman–Crippen MR) is 250 cm³/mol. The Bertz CT molecular complexity index is 2570. The highest BCUT2D eigenvalue weighted by atomic mass is 32.2. The van der Waals surface area contributed by atoms with Crippen molar-refractivity contribution in [2.75, 3.05) is 19.8 Å². The summed E-state index contributed by atoms with van der Waals surface area (Å²) in [7, 11) is -4.12. The normalized spacial score (nSPS) is 29.1. The van der Waals surface area contributed by atoms with Crippen LogP contribution in [0, 0.1) is 17.8 Å². The minimum Gasteiger partial charge on any atom is -0.491 e. The lowest BCUT2D eigenvalue weighted by molar-refractivity contribution is -0.285. The topological polar surface area (TPSA) is 204 Å². The molecule has 4 amide bonds. The number of nitrogens with one attached hydrogen (secondary N) is 3. The Kier molecular flexibility index (Phi) is 14.3. The Labute approximate surface area is 405 Å². The maximum absolute atomic E-state index is 15.2. The zero-order chi connectivity index (χ0) is 50.2. The summed E-state index contributed by atoms with van der Waals surface area (Å²) < 4.78 is 94.4. The Morgan fingerprint density at radius 1 is 0.986 bits per heavy atom. The molecule has 2 saturated heterocycles. The number of nitrogens with zero attached hydrogens (tertiary/aromatic N) is 3. The molecule has 378 valence electrons. The minimum absolute atomic E-state index is 0.0169. The fourth-order valence-electron chi connectivity index (χ4n) is 9.60. The third kappa shape index (κ3) is 10.9. The van der Waals surface area contributed by atoms with Crippen molar-refractivity contribution in [1.82, 2.24) is 30.2 Å². The van der Waals surface area contributed by atoms with Gasteiger partial charge in [0.05, 0.1) is 41.1 Å². The van der Waals surface area contributed by atoms with Gasteiger partial charge < -0.3 is 34.5 Å². The van der Waals surface area contributed by atoms with Crippen LogP contribution >= 0.6 is 0 Å². The van der Waals surface area contributed by atoms with E-state index >= 15 is 4.79 Å². The number of benzene rings is 1. The second-order valence-electron chi connectivity index (χ2n) is 20.1. The third-order valence-corrected chi connectivity index (χ3v) is 16.2. The van der Waals surface area contributed by atoms with E-state index in [-0.39, 0.29) is 44.4 Å². The summed E-state index contributed by atoms with van der Waals surface area (Å²) in [4.78, 5) is 68.5. The van der Waals surface area contributed by atoms with Crippen molar-refractivity contribution in [2.45, 2.75) is 139 Å². The maximum atomic E-state index is 15.2. The number of carbonyl (C=O) groups is 4. The molecule has 3 aliphatic heterocycles. The van der Waals surface area contributed by atoms with Gasteiger partial charge in [-0.25, -0.2) is 18.2 Å². The molecule has 20 heteroatoms. The number of amides is 4. The molecular formula is C50H61F3N6O10S. The molecule has 16 nitrogen and oxygen atoms in total. The number of halogens is 3. The number of allylic oxidation sites excluding steroid dienone is 1. The number of rotatable bonds is 11. The molecule has 8 atom stereocenters. The molecule has 3 N–H and O–H groups in total. The summed E-state index contributed by atoms with van der Waals surface area (Å²) in [6.07, 6.45) is -0.547. The van der Waals surface area contributed by atoms with E-state index in [0.717, 1.165) is 5.56 Å². The number of pyridine rings is 2. The zero-order valence-electron chi connectivity index (χ0n) is 39.9. The van der Waals surface area contributed by atoms with Gasteiger partial charge in [-0.1, -0.05) is 32.1 Å². The molecule has 5 heterocycles. The summed E-state index contributed by atoms with van der Waals surface area (Å²) >= 11 is 0. The van der Waals surface area contributed by atoms with Crippen LogP contribution in [0.4, 0.5) is 18.0 Å². The first-order valence-electron chi connectivity index (χ1n) is 24.0. The van der Waals surface area contributed by atoms with Crippen molar-refractivity contribution >= 4 is 33.8 Å². The number of fused-ring (bicyclic) bond motifs is 2. The van der Waals surface area contributed by atoms with E-state index in [1.54, 1.807) is 50.4 Å². The fraction of sp³-hybridized carbons (Fsp3) is 0.560. The Morgan fingerprint density at radius 2 is 1.73 bits per heavy atom. The van der Waals surface area contributed by atoms with Crippen molar-refractivity contribution in [1.29, 1.82) is 0 Å². The highest BCUT2D eigenvalue weighted by molar-refractivity contribution is 7.91. The van der Waals surface area contributed by atoms with Gasteiger partial charge in [-0.15, -0.1) is 0 Å². The van der Waals surface area contributed by atoms with Crippen LogP contribution in [0.2, 0.25) is 0 Å². The molecule has 2 aliphatic carbocycles. The Hall–Kier alpha value is -5.76. The number of carbonyl (C=O) groups excluding carboxylic acids is 4. The van der Waals surface area contributed by atoms with E-state index in [4.69, 9.17) is 23.9 Å². The summed E-state index contributed by atoms with van der Waals surface area (Å²) in [6, 6.07) is 13.2. The van der Waals surface area contributed by atoms with Gasteiger partial charge in [0.15, 0.2) is 0 Å². The first-order valence-corrected chi connectivity index (χ1v) is 25.5. The van der Waals surface area contributed by atoms with E-state index in [2.05, 4.69) is 20.3 Å². The van der Waals surface area contributed by atoms with Crippen molar-refractivity contribution in [3.05, 3.63) is 72.9 Å². The first-order chi connectivity index (χ1) is 33.1. The first kappa shape index (κ1) is 50.6. The molecule has 4 fully saturated rings. The quantitative estimate of drug-likeness (QED) is 0.166. The largest absolute Gasteiger partial charge is 0.491 e. The van der Waals surface area contributed by atoms with Gasteiger partial charge in [0, 0.05) is 49.3 Å². The van der Waals surface area contributed by atoms with Crippen LogP contribution in [0.3, 0.4) is 0 Å². The Morgan fingerprint density at radius 3 is 2.39 bits per heavy atom. The van der Waals surface area contributed by atoms with Crippen molar-refractivity contribution in [2.24, 2.45) is 17.8 Å². The minimum atomic E-state index is -4.99. The highest BCUT2D eigenvalue weighted by Crippen LogP contribution is 2.48. The van der Waals surface area contributed by atoms with Gasteiger partial charge in [-0.2, -0.15) is 13.2 Å². The molecule has 1 aromatic carbocycles. The van der Waals surface area contributed by atoms with Crippen LogP contribution in [0.5, 0.6) is 11.5 Å². The lowest BCUT2D eigenvalue weighted by Crippen LogP contribution is -2.60. The maximum Gasteiger partial charge on any atom is 0.430 e. The molecule has 8 unspecified atom stereocenters. The molecule has 70 heavy (non-hydrogen) atoms. The average molecular weight is 995 g/mol. The second kappa shape index (κ2) is 19.8. The smallest absolute Gasteiger partial charge is 0.430 e. The molecular weight excluding hydrogens is 934 g/mol. The zero-order valence-corrected chi connectivity index (χ0v) is 40.7. The molecule has 2 aromatic heterocycles. The van der Waals surface area contributed by atoms with Gasteiger partial charge in [0.1, 0.15) is 35.2 Å². The Balaban J connectivity index is 1.14. The van der Waals surface area contributed by atoms with E-state index in [1.165, 1.54) is 4.90 Å². The van der Waals surface area contributed by atoms with Gasteiger partial charge in [0.25, 0.3) is 5.91 Å². The van der Waals surface area contributed by atoms with Crippen LogP contribution in [-0.4, -0.2) is 113 Å². The lowest BCUT2D eigenvalue weighted by atomic mass is 9.88. The van der Waals surface area contributed by atoms with E-state index in [1.807, 2.05) is 57.2 Å². The monoisotopic (exact) mass is 994 g/mol. The van der Waals surface area contributed by atoms with Gasteiger partial charge >= 0.3 is 12.3 Å². The van der Waals surface area contributed by atoms with E-state index in [0.29, 0.717) is 60.7 Å². The molecule has 0 radical (unpaired) electrons. The summed E-state index contributed by atoms with van der Waals surface area (Å²) in [5.74, 6) is -2.84. The van der Waals surface area contributed by atoms with Crippen molar-refractivity contribution in [3.63, 3.8) is 0 Å². The number of ether oxygens (including phenoxy) is 4. The van der Waals surface area contributed by atoms with Gasteiger partial charge in [-0.05, 0) is 114 Å². The fourth-order valence-corrected chi connectivity index (χ4v) is 10.9. The van der Waals surface area contributed by atoms with Gasteiger partial charge in [0.2, 0.25) is 27.4 Å². The molecule has 0 spiro atoms. The molecule has 0 bridgehead atoms. The predicted octanol–water partition coefficient (Wildman–Crippen LogP) is 7.04. The van der Waals surface area contributed by atoms with E-state index < -0.39 is 99.0 Å². The number of alkyl carbamates (subject to hydrolysis) is 1. The number of sulfonamides is 1. The van der Waals surface area contributed by atoms with Crippen LogP contribution in [-0.2, 0) is 33.9 Å². The average Bonchev–Trinajstić information content (AvgIpc) is 4.19. The summed E-state index contributed by atoms with van der Waals surface area (Å²) in [5, 5.41) is 5.31. The van der Waals surface area contributed by atoms with E-state index in [9.17, 15) is 36.0 Å². The second-order valence-corrected chi connectivity index (χ2v) is 22.3. The van der Waals surface area contributed by atoms with Gasteiger partial charge in [-0.3, -0.25) is 24.1 Å². The summed E-state index contributed by atoms with van der Waals surface area (Å²) in [5.41, 5.74) is -2.40. The van der Waals surface area contributed by atoms with Crippen LogP contribution in [0.25, 0.3) is 22.6 Å². The SMILES string of the molecule is CC1CCC=CC2CC2(C(=O)NS(=O)(=O)C2(C)CC2)NC(=O)C2CC(Oc3cc(-c4ccc(OC(C)C)cc4)nc(-c4ccccn4)c3)CN2C(=O)C(NC(=O)OC2(C(F)(F)F)CCCOC2)C(C)C1. The number of hydrogen-bond donors (Lipinski definition) is 3. The van der Waals surface area contributed by atoms with Crippen LogP contribution < -0.4 is 24.8 Å². The summed E-state index contributed by atoms with van der Waals surface area (Å²) in [6.45, 7) is 7.94. The van der Waals surface area contributed by atoms with Crippen molar-refractivity contribution < 1.29 is 59.7 Å². The third-order valence-electron chi connectivity index (χ3n) is 14.1. The molecule has 2 saturated carbocycles. The number of aromatic nitrogens is 2. The molecule has 3 aromatic rings. The van der Waals surface area contributed by atoms with Crippen molar-refractivity contribution in [3.8, 4) is 34.1 Å². The molecule has 8 rings (SSSR count). The number of hydrogen-bond acceptors (Lipinski definition) is 12. The lowest BCUT2D eigenvalue weighted by Gasteiger charge is -2.38. The highest BCUT2D eigenvalue weighted by Gasteiger charge is 2.63. The standard InChI is InChI=1S/C50H61F3N6O10S/c1-30(2)67-35-16-14-33(15-17-35)39-24-36(25-40(55-39)38-13-8-9-21-54-38)68-37-26-41-43(60)57-49(45(62)58-70(64,65)47(5)19-20-47)27-34(49)12-7-6-11-31(3)23-32(4)42(44(61)59(41)28-37)56-46(63)69-48(50(51,52)53)18-10-22-66-29-48/h7-9,12-17,21,24-25,30-32,34,37,41-42H,6,10-11,18-20,22-23,26-29H2,1-5H3,(H,56,63)(H,57,60)(H,58,62). The van der Waals surface area contributed by atoms with Crippen LogP contribution in [0.1, 0.15) is 92.4 Å². The molecule has 5 aliphatic rings. The van der Waals surface area contributed by atoms with Crippen LogP contribution in [0.15, 0.2) is 72.9 Å². The number of alkyl halides is 3.